The number of hydrogen-bond acceptors (Lipinski definition) is 2. The maximum absolute atomic E-state index is 14.2. The Morgan fingerprint density at radius 1 is 0.639 bits per heavy atom. The molecule has 0 aliphatic rings. The Morgan fingerprint density at radius 2 is 1.03 bits per heavy atom. The third kappa shape index (κ3) is 6.08. The van der Waals surface area contributed by atoms with Crippen LogP contribution < -0.4 is 0 Å². The first kappa shape index (κ1) is 34.0. The van der Waals surface area contributed by atoms with Gasteiger partial charge in [0.2, 0.25) is 0 Å². The molecule has 1 N–H and O–H groups in total. The van der Waals surface area contributed by atoms with Crippen molar-refractivity contribution in [3.63, 3.8) is 0 Å². The molecule has 0 bridgehead atoms. The van der Waals surface area contributed by atoms with Gasteiger partial charge in [-0.2, -0.15) is 65.9 Å². The molecule has 214 valence electrons. The van der Waals surface area contributed by atoms with Crippen molar-refractivity contribution in [2.45, 2.75) is 87.2 Å². The van der Waals surface area contributed by atoms with Gasteiger partial charge >= 0.3 is 47.7 Å². The van der Waals surface area contributed by atoms with Crippen LogP contribution in [-0.2, 0) is 9.53 Å². The molecule has 0 spiro atoms. The molecule has 0 aromatic heterocycles. The molecule has 0 amide bonds. The second-order valence-electron chi connectivity index (χ2n) is 7.41. The molecule has 0 aromatic rings. The molecule has 0 aliphatic heterocycles. The number of allylic oxidation sites excluding steroid dienone is 1. The van der Waals surface area contributed by atoms with Gasteiger partial charge in [0.05, 0.1) is 12.7 Å². The maximum Gasteiger partial charge on any atom is 0.460 e. The van der Waals surface area contributed by atoms with Crippen molar-refractivity contribution in [1.82, 2.24) is 0 Å². The summed E-state index contributed by atoms with van der Waals surface area (Å²) in [7, 11) is 0. The predicted octanol–water partition coefficient (Wildman–Crippen LogP) is 7.71. The molecular weight excluding hydrogens is 549 g/mol. The Kier molecular flexibility index (Phi) is 10.5. The van der Waals surface area contributed by atoms with Crippen LogP contribution in [0.1, 0.15) is 45.4 Å². The number of carboxylic acid groups (broad SMARTS) is 1. The highest BCUT2D eigenvalue weighted by Crippen LogP contribution is 2.63. The number of carbonyl (C=O) groups is 1. The molecular formula is C18H19F15O3. The first-order chi connectivity index (χ1) is 15.9. The van der Waals surface area contributed by atoms with E-state index < -0.39 is 66.1 Å². The summed E-state index contributed by atoms with van der Waals surface area (Å²) in [6.45, 7) is 0.717. The van der Waals surface area contributed by atoms with Crippen LogP contribution in [0.3, 0.4) is 0 Å². The molecule has 36 heavy (non-hydrogen) atoms. The van der Waals surface area contributed by atoms with Gasteiger partial charge in [-0.05, 0) is 6.42 Å². The first-order valence-corrected chi connectivity index (χ1v) is 9.79. The van der Waals surface area contributed by atoms with Crippen molar-refractivity contribution >= 4 is 5.97 Å². The van der Waals surface area contributed by atoms with E-state index in [1.807, 2.05) is 6.92 Å². The first-order valence-electron chi connectivity index (χ1n) is 9.79. The summed E-state index contributed by atoms with van der Waals surface area (Å²) in [5.41, 5.74) is 0. The van der Waals surface area contributed by atoms with Crippen LogP contribution in [0.5, 0.6) is 0 Å². The summed E-state index contributed by atoms with van der Waals surface area (Å²) in [5.74, 6) is -53.6. The van der Waals surface area contributed by atoms with Crippen LogP contribution in [0.25, 0.3) is 0 Å². The fraction of sp³-hybridized carbons (Fsp3) is 0.833. The van der Waals surface area contributed by atoms with Gasteiger partial charge in [0.1, 0.15) is 0 Å². The second kappa shape index (κ2) is 11.1. The monoisotopic (exact) mass is 568 g/mol. The number of halogens is 15. The molecule has 0 heterocycles. The predicted molar refractivity (Wildman–Crippen MR) is 90.8 cm³/mol. The number of unbranched alkanes of at least 4 members (excludes halogenated alkanes) is 5. The standard InChI is InChI=1S/C18H19F15O3/c1-2-3-4-5-6-7-8-36-10(9-11(34)35)12(19,20)13(21,22)14(23,24)15(25,26)16(27,28)17(29,30)18(31,32)33/h9H,2-8H2,1H3,(H,34,35)/b10-9-. The normalized spacial score (nSPS) is 15.3. The lowest BCUT2D eigenvalue weighted by molar-refractivity contribution is -0.451. The highest BCUT2D eigenvalue weighted by molar-refractivity contribution is 5.80. The summed E-state index contributed by atoms with van der Waals surface area (Å²) >= 11 is 0. The van der Waals surface area contributed by atoms with Crippen LogP contribution in [0.4, 0.5) is 65.9 Å². The zero-order valence-electron chi connectivity index (χ0n) is 18.0. The lowest BCUT2D eigenvalue weighted by Gasteiger charge is -2.41. The van der Waals surface area contributed by atoms with Gasteiger partial charge in [-0.3, -0.25) is 0 Å². The van der Waals surface area contributed by atoms with Gasteiger partial charge in [0.25, 0.3) is 0 Å². The van der Waals surface area contributed by atoms with E-state index in [1.165, 1.54) is 0 Å². The average molecular weight is 568 g/mol. The minimum Gasteiger partial charge on any atom is -0.491 e. The SMILES string of the molecule is CCCCCCCCO/C(=C\C(=O)O)C(F)(F)C(F)(F)C(F)(F)C(F)(F)C(F)(F)C(F)(F)C(F)(F)F. The van der Waals surface area contributed by atoms with Gasteiger partial charge < -0.3 is 9.84 Å². The molecule has 0 unspecified atom stereocenters. The Morgan fingerprint density at radius 3 is 1.44 bits per heavy atom. The van der Waals surface area contributed by atoms with Crippen molar-refractivity contribution in [2.75, 3.05) is 6.61 Å². The van der Waals surface area contributed by atoms with E-state index in [1.54, 1.807) is 0 Å². The van der Waals surface area contributed by atoms with Crippen LogP contribution in [0.2, 0.25) is 0 Å². The van der Waals surface area contributed by atoms with Crippen molar-refractivity contribution < 1.29 is 80.5 Å². The lowest BCUT2D eigenvalue weighted by Crippen LogP contribution is -2.72. The van der Waals surface area contributed by atoms with E-state index in [0.717, 1.165) is 12.8 Å². The molecule has 0 aromatic carbocycles. The van der Waals surface area contributed by atoms with Gasteiger partial charge in [0.15, 0.2) is 5.76 Å². The van der Waals surface area contributed by atoms with E-state index in [9.17, 15) is 70.7 Å². The summed E-state index contributed by atoms with van der Waals surface area (Å²) in [5, 5.41) is 8.49. The summed E-state index contributed by atoms with van der Waals surface area (Å²) in [6.07, 6.45) is -6.40. The van der Waals surface area contributed by atoms with Crippen molar-refractivity contribution in [3.05, 3.63) is 11.8 Å². The van der Waals surface area contributed by atoms with Crippen molar-refractivity contribution in [1.29, 1.82) is 0 Å². The topological polar surface area (TPSA) is 46.5 Å². The largest absolute Gasteiger partial charge is 0.491 e. The summed E-state index contributed by atoms with van der Waals surface area (Å²) in [4.78, 5) is 10.6. The van der Waals surface area contributed by atoms with Gasteiger partial charge in [-0.25, -0.2) is 4.79 Å². The molecule has 0 saturated carbocycles. The van der Waals surface area contributed by atoms with Crippen LogP contribution in [0, 0.1) is 0 Å². The summed E-state index contributed by atoms with van der Waals surface area (Å²) in [6, 6.07) is 0. The van der Waals surface area contributed by atoms with E-state index in [-0.39, 0.29) is 12.8 Å². The van der Waals surface area contributed by atoms with E-state index in [4.69, 9.17) is 5.11 Å². The average Bonchev–Trinajstić information content (AvgIpc) is 2.70. The Labute approximate surface area is 193 Å². The molecule has 0 aliphatic carbocycles. The van der Waals surface area contributed by atoms with Gasteiger partial charge in [0, 0.05) is 0 Å². The number of ether oxygens (including phenoxy) is 1. The van der Waals surface area contributed by atoms with E-state index in [2.05, 4.69) is 4.74 Å². The molecule has 0 rings (SSSR count). The Hall–Kier alpha value is -2.04. The van der Waals surface area contributed by atoms with Gasteiger partial charge in [-0.15, -0.1) is 0 Å². The van der Waals surface area contributed by atoms with Crippen LogP contribution >= 0.6 is 0 Å². The number of aliphatic carboxylic acids is 1. The maximum atomic E-state index is 14.2. The fourth-order valence-electron chi connectivity index (χ4n) is 2.52. The molecule has 0 atom stereocenters. The minimum atomic E-state index is -8.46. The molecule has 0 radical (unpaired) electrons. The third-order valence-electron chi connectivity index (χ3n) is 4.65. The van der Waals surface area contributed by atoms with E-state index in [0.29, 0.717) is 12.8 Å². The fourth-order valence-corrected chi connectivity index (χ4v) is 2.52. The van der Waals surface area contributed by atoms with Gasteiger partial charge in [-0.1, -0.05) is 39.0 Å². The Balaban J connectivity index is 6.28. The minimum absolute atomic E-state index is 0.134. The van der Waals surface area contributed by atoms with Crippen LogP contribution in [0.15, 0.2) is 11.8 Å². The lowest BCUT2D eigenvalue weighted by atomic mass is 9.90. The molecule has 0 fully saturated rings. The zero-order valence-corrected chi connectivity index (χ0v) is 18.0. The third-order valence-corrected chi connectivity index (χ3v) is 4.65. The van der Waals surface area contributed by atoms with Crippen molar-refractivity contribution in [3.8, 4) is 0 Å². The smallest absolute Gasteiger partial charge is 0.460 e. The molecule has 18 heteroatoms. The summed E-state index contributed by atoms with van der Waals surface area (Å²) < 4.78 is 203. The molecule has 0 saturated heterocycles. The van der Waals surface area contributed by atoms with Crippen LogP contribution in [-0.4, -0.2) is 59.4 Å². The zero-order chi connectivity index (χ0) is 29.0. The van der Waals surface area contributed by atoms with Crippen molar-refractivity contribution in [2.24, 2.45) is 0 Å². The number of rotatable bonds is 15. The molecule has 3 nitrogen and oxygen atoms in total. The van der Waals surface area contributed by atoms with E-state index >= 15 is 0 Å². The number of hydrogen-bond donors (Lipinski definition) is 1. The second-order valence-corrected chi connectivity index (χ2v) is 7.41. The number of alkyl halides is 15. The number of carboxylic acids is 1. The quantitative estimate of drug-likeness (QED) is 0.0954. The Bertz CT molecular complexity index is 772. The highest BCUT2D eigenvalue weighted by Gasteiger charge is 2.93. The highest BCUT2D eigenvalue weighted by atomic mass is 19.4.